The molecule has 1 aliphatic heterocycles. The number of anilines is 1. The molecule has 0 saturated heterocycles. The third kappa shape index (κ3) is 3.08. The zero-order valence-corrected chi connectivity index (χ0v) is 11.9. The zero-order valence-electron chi connectivity index (χ0n) is 11.9. The van der Waals surface area contributed by atoms with Gasteiger partial charge in [0.25, 0.3) is 5.91 Å². The molecule has 1 atom stereocenters. The molecule has 0 fully saturated rings. The van der Waals surface area contributed by atoms with E-state index in [2.05, 4.69) is 10.5 Å². The summed E-state index contributed by atoms with van der Waals surface area (Å²) in [5, 5.41) is 6.41. The molecule has 3 rings (SSSR count). The van der Waals surface area contributed by atoms with E-state index in [0.717, 1.165) is 0 Å². The van der Waals surface area contributed by atoms with Crippen molar-refractivity contribution in [2.24, 2.45) is 0 Å². The third-order valence-corrected chi connectivity index (χ3v) is 3.12. The SMILES string of the molecule is Cc1cc(COC(=O)C[C@H]2Oc3ccccc3NC2=O)no1. The largest absolute Gasteiger partial charge is 0.478 e. The Kier molecular flexibility index (Phi) is 3.78. The minimum absolute atomic E-state index is 0.00109. The van der Waals surface area contributed by atoms with Gasteiger partial charge in [-0.3, -0.25) is 9.59 Å². The van der Waals surface area contributed by atoms with Gasteiger partial charge in [0.1, 0.15) is 23.8 Å². The highest BCUT2D eigenvalue weighted by atomic mass is 16.5. The number of ether oxygens (including phenoxy) is 2. The number of carbonyl (C=O) groups excluding carboxylic acids is 2. The number of nitrogens with one attached hydrogen (secondary N) is 1. The Morgan fingerprint density at radius 1 is 1.41 bits per heavy atom. The van der Waals surface area contributed by atoms with Gasteiger partial charge in [0, 0.05) is 6.07 Å². The van der Waals surface area contributed by atoms with Crippen LogP contribution in [0.4, 0.5) is 5.69 Å². The highest BCUT2D eigenvalue weighted by Gasteiger charge is 2.30. The number of carbonyl (C=O) groups is 2. The molecule has 22 heavy (non-hydrogen) atoms. The number of nitrogens with zero attached hydrogens (tertiary/aromatic N) is 1. The lowest BCUT2D eigenvalue weighted by Crippen LogP contribution is -2.38. The topological polar surface area (TPSA) is 90.7 Å². The number of fused-ring (bicyclic) bond motifs is 1. The van der Waals surface area contributed by atoms with Crippen LogP contribution in [0.25, 0.3) is 0 Å². The molecule has 7 nitrogen and oxygen atoms in total. The van der Waals surface area contributed by atoms with Crippen molar-refractivity contribution in [1.82, 2.24) is 5.16 Å². The summed E-state index contributed by atoms with van der Waals surface area (Å²) in [5.74, 6) is 0.262. The minimum Gasteiger partial charge on any atom is -0.478 e. The molecule has 7 heteroatoms. The number of benzene rings is 1. The first-order valence-electron chi connectivity index (χ1n) is 6.76. The van der Waals surface area contributed by atoms with Crippen molar-refractivity contribution in [3.8, 4) is 5.75 Å². The molecule has 0 unspecified atom stereocenters. The maximum atomic E-state index is 11.9. The molecular weight excluding hydrogens is 288 g/mol. The van der Waals surface area contributed by atoms with E-state index in [1.807, 2.05) is 0 Å². The number of amides is 1. The molecule has 0 aliphatic carbocycles. The quantitative estimate of drug-likeness (QED) is 0.866. The van der Waals surface area contributed by atoms with Gasteiger partial charge in [0.15, 0.2) is 6.10 Å². The molecule has 2 heterocycles. The van der Waals surface area contributed by atoms with Crippen molar-refractivity contribution in [3.05, 3.63) is 41.8 Å². The highest BCUT2D eigenvalue weighted by molar-refractivity contribution is 5.99. The standard InChI is InChI=1S/C15H14N2O5/c1-9-6-10(17-22-9)8-20-14(18)7-13-15(19)16-11-4-2-3-5-12(11)21-13/h2-6,13H,7-8H2,1H3,(H,16,19)/t13-/m1/s1. The van der Waals surface area contributed by atoms with Gasteiger partial charge in [0.05, 0.1) is 12.1 Å². The first-order chi connectivity index (χ1) is 10.6. The van der Waals surface area contributed by atoms with Crippen molar-refractivity contribution in [2.75, 3.05) is 5.32 Å². The molecule has 0 saturated carbocycles. The van der Waals surface area contributed by atoms with Gasteiger partial charge in [-0.1, -0.05) is 17.3 Å². The van der Waals surface area contributed by atoms with Gasteiger partial charge in [-0.25, -0.2) is 0 Å². The number of hydrogen-bond donors (Lipinski definition) is 1. The van der Waals surface area contributed by atoms with Crippen LogP contribution in [0, 0.1) is 6.92 Å². The molecule has 0 radical (unpaired) electrons. The Bertz CT molecular complexity index is 709. The fourth-order valence-electron chi connectivity index (χ4n) is 2.08. The summed E-state index contributed by atoms with van der Waals surface area (Å²) in [6, 6.07) is 8.71. The van der Waals surface area contributed by atoms with Gasteiger partial charge in [0.2, 0.25) is 0 Å². The fraction of sp³-hybridized carbons (Fsp3) is 0.267. The third-order valence-electron chi connectivity index (χ3n) is 3.12. The van der Waals surface area contributed by atoms with Crippen LogP contribution in [0.2, 0.25) is 0 Å². The van der Waals surface area contributed by atoms with E-state index >= 15 is 0 Å². The van der Waals surface area contributed by atoms with Crippen LogP contribution in [0.15, 0.2) is 34.9 Å². The predicted molar refractivity (Wildman–Crippen MR) is 75.1 cm³/mol. The first kappa shape index (κ1) is 14.1. The normalized spacial score (nSPS) is 16.4. The van der Waals surface area contributed by atoms with Crippen molar-refractivity contribution in [1.29, 1.82) is 0 Å². The van der Waals surface area contributed by atoms with Crippen molar-refractivity contribution < 1.29 is 23.6 Å². The van der Waals surface area contributed by atoms with Crippen LogP contribution in [-0.2, 0) is 20.9 Å². The summed E-state index contributed by atoms with van der Waals surface area (Å²) in [6.45, 7) is 1.75. The lowest BCUT2D eigenvalue weighted by molar-refractivity contribution is -0.149. The number of esters is 1. The second-order valence-electron chi connectivity index (χ2n) is 4.89. The fourth-order valence-corrected chi connectivity index (χ4v) is 2.08. The van der Waals surface area contributed by atoms with Crippen molar-refractivity contribution in [3.63, 3.8) is 0 Å². The Morgan fingerprint density at radius 2 is 2.23 bits per heavy atom. The van der Waals surface area contributed by atoms with E-state index in [9.17, 15) is 9.59 Å². The lowest BCUT2D eigenvalue weighted by Gasteiger charge is -2.25. The summed E-state index contributed by atoms with van der Waals surface area (Å²) in [5.41, 5.74) is 1.11. The molecule has 0 bridgehead atoms. The monoisotopic (exact) mass is 302 g/mol. The second kappa shape index (κ2) is 5.88. The Hall–Kier alpha value is -2.83. The minimum atomic E-state index is -0.901. The highest BCUT2D eigenvalue weighted by Crippen LogP contribution is 2.29. The van der Waals surface area contributed by atoms with Crippen LogP contribution in [0.1, 0.15) is 17.9 Å². The van der Waals surface area contributed by atoms with E-state index < -0.39 is 12.1 Å². The summed E-state index contributed by atoms with van der Waals surface area (Å²) in [4.78, 5) is 23.7. The van der Waals surface area contributed by atoms with Crippen molar-refractivity contribution in [2.45, 2.75) is 26.1 Å². The summed E-state index contributed by atoms with van der Waals surface area (Å²) in [7, 11) is 0. The smallest absolute Gasteiger partial charge is 0.310 e. The van der Waals surface area contributed by atoms with Crippen LogP contribution < -0.4 is 10.1 Å². The molecule has 0 spiro atoms. The van der Waals surface area contributed by atoms with Crippen molar-refractivity contribution >= 4 is 17.6 Å². The van der Waals surface area contributed by atoms with E-state index in [4.69, 9.17) is 14.0 Å². The molecule has 1 amide bonds. The number of hydrogen-bond acceptors (Lipinski definition) is 6. The molecule has 1 aromatic carbocycles. The molecule has 2 aromatic rings. The van der Waals surface area contributed by atoms with Crippen LogP contribution in [0.5, 0.6) is 5.75 Å². The number of aryl methyl sites for hydroxylation is 1. The Labute approximate surface area is 126 Å². The lowest BCUT2D eigenvalue weighted by atomic mass is 10.1. The molecule has 1 aromatic heterocycles. The van der Waals surface area contributed by atoms with Gasteiger partial charge >= 0.3 is 5.97 Å². The van der Waals surface area contributed by atoms with Gasteiger partial charge in [-0.15, -0.1) is 0 Å². The molecule has 114 valence electrons. The summed E-state index contributed by atoms with van der Waals surface area (Å²) in [6.07, 6.45) is -1.07. The van der Waals surface area contributed by atoms with E-state index in [1.54, 1.807) is 37.3 Å². The van der Waals surface area contributed by atoms with E-state index in [0.29, 0.717) is 22.9 Å². The average molecular weight is 302 g/mol. The van der Waals surface area contributed by atoms with Crippen LogP contribution >= 0.6 is 0 Å². The number of para-hydroxylation sites is 2. The van der Waals surface area contributed by atoms with Crippen LogP contribution in [0.3, 0.4) is 0 Å². The second-order valence-corrected chi connectivity index (χ2v) is 4.89. The zero-order chi connectivity index (χ0) is 15.5. The summed E-state index contributed by atoms with van der Waals surface area (Å²) >= 11 is 0. The molecule has 1 N–H and O–H groups in total. The van der Waals surface area contributed by atoms with E-state index in [-0.39, 0.29) is 18.9 Å². The number of rotatable bonds is 4. The Balaban J connectivity index is 1.56. The Morgan fingerprint density at radius 3 is 3.00 bits per heavy atom. The predicted octanol–water partition coefficient (Wildman–Crippen LogP) is 1.82. The maximum absolute atomic E-state index is 11.9. The molecular formula is C15H14N2O5. The van der Waals surface area contributed by atoms with Gasteiger partial charge in [-0.2, -0.15) is 0 Å². The first-order valence-corrected chi connectivity index (χ1v) is 6.76. The van der Waals surface area contributed by atoms with E-state index in [1.165, 1.54) is 0 Å². The maximum Gasteiger partial charge on any atom is 0.310 e. The van der Waals surface area contributed by atoms with Gasteiger partial charge in [-0.05, 0) is 19.1 Å². The summed E-state index contributed by atoms with van der Waals surface area (Å²) < 4.78 is 15.5. The average Bonchev–Trinajstić information content (AvgIpc) is 2.91. The van der Waals surface area contributed by atoms with Crippen LogP contribution in [-0.4, -0.2) is 23.1 Å². The molecule has 1 aliphatic rings. The van der Waals surface area contributed by atoms with Gasteiger partial charge < -0.3 is 19.3 Å². The number of aromatic nitrogens is 1.